The summed E-state index contributed by atoms with van der Waals surface area (Å²) < 4.78 is 12.9. The van der Waals surface area contributed by atoms with Gasteiger partial charge >= 0.3 is 0 Å². The van der Waals surface area contributed by atoms with Crippen LogP contribution < -0.4 is 10.6 Å². The third kappa shape index (κ3) is 4.55. The molecule has 0 radical (unpaired) electrons. The van der Waals surface area contributed by atoms with Gasteiger partial charge in [-0.3, -0.25) is 19.7 Å². The quantitative estimate of drug-likeness (QED) is 0.511. The van der Waals surface area contributed by atoms with Crippen LogP contribution in [0.3, 0.4) is 0 Å². The smallest absolute Gasteiger partial charge is 0.269 e. The molecule has 2 N–H and O–H groups in total. The zero-order chi connectivity index (χ0) is 20.1. The molecule has 8 heteroatoms. The second kappa shape index (κ2) is 8.09. The molecule has 3 aromatic carbocycles. The van der Waals surface area contributed by atoms with Crippen molar-refractivity contribution in [1.82, 2.24) is 0 Å². The topological polar surface area (TPSA) is 101 Å². The van der Waals surface area contributed by atoms with E-state index in [1.165, 1.54) is 54.6 Å². The Labute approximate surface area is 159 Å². The fourth-order valence-electron chi connectivity index (χ4n) is 2.41. The Bertz CT molecular complexity index is 1030. The second-order valence-electron chi connectivity index (χ2n) is 5.80. The summed E-state index contributed by atoms with van der Waals surface area (Å²) in [4.78, 5) is 34.7. The molecule has 0 unspecified atom stereocenters. The van der Waals surface area contributed by atoms with Gasteiger partial charge in [-0.15, -0.1) is 0 Å². The van der Waals surface area contributed by atoms with Gasteiger partial charge < -0.3 is 10.6 Å². The number of hydrogen-bond acceptors (Lipinski definition) is 4. The van der Waals surface area contributed by atoms with Crippen LogP contribution in [-0.2, 0) is 0 Å². The molecule has 0 saturated heterocycles. The van der Waals surface area contributed by atoms with Crippen LogP contribution in [0.4, 0.5) is 21.5 Å². The molecule has 0 atom stereocenters. The van der Waals surface area contributed by atoms with E-state index < -0.39 is 22.6 Å². The minimum atomic E-state index is -0.551. The number of rotatable bonds is 5. The lowest BCUT2D eigenvalue weighted by atomic mass is 10.1. The predicted octanol–water partition coefficient (Wildman–Crippen LogP) is 4.24. The molecule has 0 bridgehead atoms. The molecule has 3 aromatic rings. The molecule has 0 aliphatic heterocycles. The number of anilines is 2. The number of nitrogens with zero attached hydrogens (tertiary/aromatic N) is 1. The second-order valence-corrected chi connectivity index (χ2v) is 5.80. The highest BCUT2D eigenvalue weighted by Gasteiger charge is 2.11. The van der Waals surface area contributed by atoms with Gasteiger partial charge in [-0.2, -0.15) is 0 Å². The summed E-state index contributed by atoms with van der Waals surface area (Å²) in [6.45, 7) is 0. The molecular formula is C20H14FN3O4. The van der Waals surface area contributed by atoms with Crippen LogP contribution in [0.15, 0.2) is 72.8 Å². The Morgan fingerprint density at radius 1 is 0.786 bits per heavy atom. The fourth-order valence-corrected chi connectivity index (χ4v) is 2.41. The van der Waals surface area contributed by atoms with Crippen molar-refractivity contribution in [2.75, 3.05) is 10.6 Å². The minimum Gasteiger partial charge on any atom is -0.322 e. The molecule has 0 spiro atoms. The van der Waals surface area contributed by atoms with Crippen molar-refractivity contribution in [1.29, 1.82) is 0 Å². The molecule has 2 amide bonds. The van der Waals surface area contributed by atoms with E-state index >= 15 is 0 Å². The van der Waals surface area contributed by atoms with E-state index in [1.807, 2.05) is 0 Å². The normalized spacial score (nSPS) is 10.2. The van der Waals surface area contributed by atoms with Gasteiger partial charge in [0.05, 0.1) is 4.92 Å². The molecule has 140 valence electrons. The van der Waals surface area contributed by atoms with E-state index in [9.17, 15) is 24.1 Å². The average Bonchev–Trinajstić information content (AvgIpc) is 2.70. The van der Waals surface area contributed by atoms with E-state index in [4.69, 9.17) is 0 Å². The maximum atomic E-state index is 12.9. The van der Waals surface area contributed by atoms with Crippen molar-refractivity contribution < 1.29 is 18.9 Å². The SMILES string of the molecule is O=C(Nc1cccc(C(=O)Nc2ccc(F)cc2)c1)c1ccc([N+](=O)[O-])cc1. The number of amides is 2. The van der Waals surface area contributed by atoms with Gasteiger partial charge in [0.1, 0.15) is 5.82 Å². The highest BCUT2D eigenvalue weighted by Crippen LogP contribution is 2.17. The summed E-state index contributed by atoms with van der Waals surface area (Å²) >= 11 is 0. The minimum absolute atomic E-state index is 0.115. The lowest BCUT2D eigenvalue weighted by Gasteiger charge is -2.08. The van der Waals surface area contributed by atoms with Crippen molar-refractivity contribution in [2.45, 2.75) is 0 Å². The Balaban J connectivity index is 1.70. The summed E-state index contributed by atoms with van der Waals surface area (Å²) in [6.07, 6.45) is 0. The van der Waals surface area contributed by atoms with E-state index in [0.717, 1.165) is 0 Å². The van der Waals surface area contributed by atoms with Gasteiger partial charge in [0.25, 0.3) is 17.5 Å². The molecule has 0 saturated carbocycles. The first kappa shape index (κ1) is 18.7. The molecule has 0 heterocycles. The Morgan fingerprint density at radius 2 is 1.39 bits per heavy atom. The van der Waals surface area contributed by atoms with Crippen LogP contribution in [-0.4, -0.2) is 16.7 Å². The van der Waals surface area contributed by atoms with E-state index in [0.29, 0.717) is 16.9 Å². The number of nitro groups is 1. The van der Waals surface area contributed by atoms with Crippen LogP contribution >= 0.6 is 0 Å². The highest BCUT2D eigenvalue weighted by atomic mass is 19.1. The van der Waals surface area contributed by atoms with Crippen molar-refractivity contribution in [3.8, 4) is 0 Å². The van der Waals surface area contributed by atoms with Gasteiger partial charge in [-0.05, 0) is 54.6 Å². The molecule has 0 aliphatic carbocycles. The summed E-state index contributed by atoms with van der Waals surface area (Å²) in [6, 6.07) is 16.8. The summed E-state index contributed by atoms with van der Waals surface area (Å²) in [5, 5.41) is 15.9. The highest BCUT2D eigenvalue weighted by molar-refractivity contribution is 6.07. The van der Waals surface area contributed by atoms with Crippen LogP contribution in [0.5, 0.6) is 0 Å². The number of nitrogens with one attached hydrogen (secondary N) is 2. The average molecular weight is 379 g/mol. The fraction of sp³-hybridized carbons (Fsp3) is 0. The van der Waals surface area contributed by atoms with Crippen molar-refractivity contribution >= 4 is 28.9 Å². The number of non-ortho nitro benzene ring substituents is 1. The van der Waals surface area contributed by atoms with Gasteiger partial charge in [0.2, 0.25) is 0 Å². The molecule has 0 aliphatic rings. The van der Waals surface area contributed by atoms with Gasteiger partial charge in [0.15, 0.2) is 0 Å². The number of carbonyl (C=O) groups is 2. The summed E-state index contributed by atoms with van der Waals surface area (Å²) in [5.74, 6) is -1.29. The lowest BCUT2D eigenvalue weighted by Crippen LogP contribution is -2.14. The molecule has 28 heavy (non-hydrogen) atoms. The van der Waals surface area contributed by atoms with E-state index in [2.05, 4.69) is 10.6 Å². The first-order valence-electron chi connectivity index (χ1n) is 8.15. The number of nitro benzene ring substituents is 1. The van der Waals surface area contributed by atoms with Gasteiger partial charge in [-0.25, -0.2) is 4.39 Å². The first-order valence-corrected chi connectivity index (χ1v) is 8.15. The molecule has 7 nitrogen and oxygen atoms in total. The molecule has 0 fully saturated rings. The van der Waals surface area contributed by atoms with E-state index in [-0.39, 0.29) is 11.3 Å². The summed E-state index contributed by atoms with van der Waals surface area (Å²) in [7, 11) is 0. The van der Waals surface area contributed by atoms with Crippen LogP contribution in [0.1, 0.15) is 20.7 Å². The Morgan fingerprint density at radius 3 is 2.04 bits per heavy atom. The summed E-state index contributed by atoms with van der Waals surface area (Å²) in [5.41, 5.74) is 1.25. The Hall–Kier alpha value is -4.07. The molecular weight excluding hydrogens is 365 g/mol. The zero-order valence-corrected chi connectivity index (χ0v) is 14.4. The standard InChI is InChI=1S/C20H14FN3O4/c21-15-6-8-16(9-7-15)22-20(26)14-2-1-3-17(12-14)23-19(25)13-4-10-18(11-5-13)24(27)28/h1-12H,(H,22,26)(H,23,25). The van der Waals surface area contributed by atoms with Gasteiger partial charge in [0, 0.05) is 34.6 Å². The third-order valence-corrected chi connectivity index (χ3v) is 3.83. The lowest BCUT2D eigenvalue weighted by molar-refractivity contribution is -0.384. The Kier molecular flexibility index (Phi) is 5.40. The molecule has 3 rings (SSSR count). The maximum absolute atomic E-state index is 12.9. The zero-order valence-electron chi connectivity index (χ0n) is 14.4. The molecule has 0 aromatic heterocycles. The third-order valence-electron chi connectivity index (χ3n) is 3.83. The number of halogens is 1. The van der Waals surface area contributed by atoms with Crippen LogP contribution in [0, 0.1) is 15.9 Å². The maximum Gasteiger partial charge on any atom is 0.269 e. The van der Waals surface area contributed by atoms with Crippen molar-refractivity contribution in [3.63, 3.8) is 0 Å². The van der Waals surface area contributed by atoms with Crippen molar-refractivity contribution in [3.05, 3.63) is 99.9 Å². The van der Waals surface area contributed by atoms with Crippen LogP contribution in [0.25, 0.3) is 0 Å². The number of carbonyl (C=O) groups excluding carboxylic acids is 2. The number of hydrogen-bond donors (Lipinski definition) is 2. The number of benzene rings is 3. The van der Waals surface area contributed by atoms with E-state index in [1.54, 1.807) is 18.2 Å². The largest absolute Gasteiger partial charge is 0.322 e. The monoisotopic (exact) mass is 379 g/mol. The van der Waals surface area contributed by atoms with Crippen molar-refractivity contribution in [2.24, 2.45) is 0 Å². The van der Waals surface area contributed by atoms with Crippen LogP contribution in [0.2, 0.25) is 0 Å². The first-order chi connectivity index (χ1) is 13.4. The predicted molar refractivity (Wildman–Crippen MR) is 102 cm³/mol. The van der Waals surface area contributed by atoms with Gasteiger partial charge in [-0.1, -0.05) is 6.07 Å².